The zero-order valence-electron chi connectivity index (χ0n) is 10.2. The van der Waals surface area contributed by atoms with Crippen LogP contribution >= 0.6 is 0 Å². The molecule has 1 fully saturated rings. The molecule has 1 aromatic rings. The van der Waals surface area contributed by atoms with Crippen molar-refractivity contribution in [3.8, 4) is 0 Å². The smallest absolute Gasteiger partial charge is 0.0774 e. The summed E-state index contributed by atoms with van der Waals surface area (Å²) in [5.74, 6) is 0. The van der Waals surface area contributed by atoms with Gasteiger partial charge in [-0.1, -0.05) is 6.07 Å². The van der Waals surface area contributed by atoms with E-state index in [4.69, 9.17) is 10.5 Å². The van der Waals surface area contributed by atoms with Crippen LogP contribution in [0.15, 0.2) is 18.2 Å². The fourth-order valence-electron chi connectivity index (χ4n) is 2.09. The Morgan fingerprint density at radius 1 is 1.50 bits per heavy atom. The molecule has 0 spiro atoms. The van der Waals surface area contributed by atoms with Crippen molar-refractivity contribution in [1.82, 2.24) is 0 Å². The van der Waals surface area contributed by atoms with Gasteiger partial charge in [0.2, 0.25) is 0 Å². The predicted molar refractivity (Wildman–Crippen MR) is 67.7 cm³/mol. The van der Waals surface area contributed by atoms with Crippen LogP contribution < -0.4 is 11.1 Å². The first-order chi connectivity index (χ1) is 7.51. The molecule has 2 rings (SSSR count). The van der Waals surface area contributed by atoms with Crippen LogP contribution in [0.5, 0.6) is 0 Å². The van der Waals surface area contributed by atoms with Gasteiger partial charge in [-0.15, -0.1) is 0 Å². The van der Waals surface area contributed by atoms with Crippen LogP contribution in [0.4, 0.5) is 11.4 Å². The molecule has 16 heavy (non-hydrogen) atoms. The van der Waals surface area contributed by atoms with Crippen LogP contribution in [0.1, 0.15) is 25.8 Å². The van der Waals surface area contributed by atoms with Crippen molar-refractivity contribution in [2.45, 2.75) is 38.8 Å². The number of nitrogen functional groups attached to an aromatic ring is 1. The van der Waals surface area contributed by atoms with Gasteiger partial charge < -0.3 is 15.8 Å². The Labute approximate surface area is 97.0 Å². The molecule has 0 saturated carbocycles. The number of hydrogen-bond donors (Lipinski definition) is 2. The number of benzene rings is 1. The van der Waals surface area contributed by atoms with Gasteiger partial charge in [-0.3, -0.25) is 0 Å². The highest BCUT2D eigenvalue weighted by Gasteiger charge is 2.37. The van der Waals surface area contributed by atoms with Crippen LogP contribution in [-0.4, -0.2) is 18.2 Å². The number of nitrogens with one attached hydrogen (secondary N) is 1. The minimum Gasteiger partial charge on any atom is -0.397 e. The summed E-state index contributed by atoms with van der Waals surface area (Å²) in [6.45, 7) is 7.18. The lowest BCUT2D eigenvalue weighted by molar-refractivity contribution is 0.105. The Morgan fingerprint density at radius 2 is 2.25 bits per heavy atom. The van der Waals surface area contributed by atoms with Crippen molar-refractivity contribution >= 4 is 11.4 Å². The molecule has 2 unspecified atom stereocenters. The molecule has 3 heteroatoms. The van der Waals surface area contributed by atoms with Gasteiger partial charge in [0, 0.05) is 6.61 Å². The number of ether oxygens (including phenoxy) is 1. The maximum atomic E-state index is 5.97. The van der Waals surface area contributed by atoms with Crippen molar-refractivity contribution in [2.24, 2.45) is 0 Å². The van der Waals surface area contributed by atoms with Gasteiger partial charge >= 0.3 is 0 Å². The quantitative estimate of drug-likeness (QED) is 0.753. The normalized spacial score (nSPS) is 29.3. The topological polar surface area (TPSA) is 47.3 Å². The zero-order chi connectivity index (χ0) is 11.8. The lowest BCUT2D eigenvalue weighted by Gasteiger charge is -2.30. The second kappa shape index (κ2) is 3.98. The summed E-state index contributed by atoms with van der Waals surface area (Å²) >= 11 is 0. The molecule has 0 radical (unpaired) electrons. The molecule has 1 saturated heterocycles. The minimum atomic E-state index is -0.0120. The van der Waals surface area contributed by atoms with Crippen LogP contribution in [-0.2, 0) is 4.74 Å². The molecule has 3 N–H and O–H groups in total. The third-order valence-electron chi connectivity index (χ3n) is 3.52. The van der Waals surface area contributed by atoms with Crippen molar-refractivity contribution in [2.75, 3.05) is 17.7 Å². The van der Waals surface area contributed by atoms with Gasteiger partial charge in [0.15, 0.2) is 0 Å². The standard InChI is InChI=1S/C13H20N2O/c1-9-4-5-11(14)12(8-9)15-13(3)6-7-16-10(13)2/h4-5,8,10,15H,6-7,14H2,1-3H3. The molecule has 0 bridgehead atoms. The summed E-state index contributed by atoms with van der Waals surface area (Å²) in [6, 6.07) is 6.06. The first-order valence-corrected chi connectivity index (χ1v) is 5.77. The highest BCUT2D eigenvalue weighted by Crippen LogP contribution is 2.32. The summed E-state index contributed by atoms with van der Waals surface area (Å²) in [7, 11) is 0. The molecular weight excluding hydrogens is 200 g/mol. The largest absolute Gasteiger partial charge is 0.397 e. The zero-order valence-corrected chi connectivity index (χ0v) is 10.2. The van der Waals surface area contributed by atoms with Crippen LogP contribution in [0.25, 0.3) is 0 Å². The molecule has 88 valence electrons. The number of rotatable bonds is 2. The second-order valence-electron chi connectivity index (χ2n) is 4.90. The first kappa shape index (κ1) is 11.3. The number of nitrogens with two attached hydrogens (primary N) is 1. The summed E-state index contributed by atoms with van der Waals surface area (Å²) in [5, 5.41) is 3.53. The minimum absolute atomic E-state index is 0.0120. The van der Waals surface area contributed by atoms with E-state index in [0.717, 1.165) is 24.4 Å². The third-order valence-corrected chi connectivity index (χ3v) is 3.52. The Hall–Kier alpha value is -1.22. The van der Waals surface area contributed by atoms with E-state index in [-0.39, 0.29) is 11.6 Å². The fraction of sp³-hybridized carbons (Fsp3) is 0.538. The third kappa shape index (κ3) is 2.00. The average Bonchev–Trinajstić information content (AvgIpc) is 2.53. The summed E-state index contributed by atoms with van der Waals surface area (Å²) in [5.41, 5.74) is 8.98. The van der Waals surface area contributed by atoms with E-state index in [2.05, 4.69) is 32.2 Å². The van der Waals surface area contributed by atoms with Crippen LogP contribution in [0.3, 0.4) is 0 Å². The van der Waals surface area contributed by atoms with E-state index in [0.29, 0.717) is 0 Å². The monoisotopic (exact) mass is 220 g/mol. The highest BCUT2D eigenvalue weighted by molar-refractivity contribution is 5.68. The SMILES string of the molecule is Cc1ccc(N)c(NC2(C)CCOC2C)c1. The van der Waals surface area contributed by atoms with E-state index in [9.17, 15) is 0 Å². The van der Waals surface area contributed by atoms with E-state index >= 15 is 0 Å². The fourth-order valence-corrected chi connectivity index (χ4v) is 2.09. The molecule has 1 aliphatic heterocycles. The lowest BCUT2D eigenvalue weighted by Crippen LogP contribution is -2.41. The van der Waals surface area contributed by atoms with Crippen molar-refractivity contribution in [3.05, 3.63) is 23.8 Å². The van der Waals surface area contributed by atoms with Gasteiger partial charge in [0.1, 0.15) is 0 Å². The van der Waals surface area contributed by atoms with Crippen molar-refractivity contribution in [1.29, 1.82) is 0 Å². The molecule has 1 aliphatic rings. The molecule has 3 nitrogen and oxygen atoms in total. The summed E-state index contributed by atoms with van der Waals surface area (Å²) < 4.78 is 5.61. The van der Waals surface area contributed by atoms with E-state index in [1.165, 1.54) is 5.56 Å². The van der Waals surface area contributed by atoms with Gasteiger partial charge in [-0.05, 0) is 44.9 Å². The van der Waals surface area contributed by atoms with Crippen molar-refractivity contribution in [3.63, 3.8) is 0 Å². The predicted octanol–water partition coefficient (Wildman–Crippen LogP) is 2.56. The number of anilines is 2. The molecule has 0 amide bonds. The Balaban J connectivity index is 2.23. The molecule has 1 aromatic carbocycles. The molecular formula is C13H20N2O. The molecule has 1 heterocycles. The second-order valence-corrected chi connectivity index (χ2v) is 4.90. The maximum Gasteiger partial charge on any atom is 0.0774 e. The number of hydrogen-bond acceptors (Lipinski definition) is 3. The summed E-state index contributed by atoms with van der Waals surface area (Å²) in [4.78, 5) is 0. The first-order valence-electron chi connectivity index (χ1n) is 5.77. The molecule has 0 aromatic heterocycles. The van der Waals surface area contributed by atoms with E-state index < -0.39 is 0 Å². The maximum absolute atomic E-state index is 5.97. The van der Waals surface area contributed by atoms with E-state index in [1.54, 1.807) is 0 Å². The van der Waals surface area contributed by atoms with Gasteiger partial charge in [0.05, 0.1) is 23.0 Å². The molecule has 0 aliphatic carbocycles. The Bertz CT molecular complexity index is 392. The highest BCUT2D eigenvalue weighted by atomic mass is 16.5. The Morgan fingerprint density at radius 3 is 2.88 bits per heavy atom. The molecule has 2 atom stereocenters. The van der Waals surface area contributed by atoms with Crippen LogP contribution in [0.2, 0.25) is 0 Å². The number of aryl methyl sites for hydroxylation is 1. The Kier molecular flexibility index (Phi) is 2.80. The van der Waals surface area contributed by atoms with Gasteiger partial charge in [0.25, 0.3) is 0 Å². The summed E-state index contributed by atoms with van der Waals surface area (Å²) in [6.07, 6.45) is 1.23. The van der Waals surface area contributed by atoms with Crippen molar-refractivity contribution < 1.29 is 4.74 Å². The lowest BCUT2D eigenvalue weighted by atomic mass is 9.94. The van der Waals surface area contributed by atoms with E-state index in [1.807, 2.05) is 12.1 Å². The van der Waals surface area contributed by atoms with Crippen LogP contribution in [0, 0.1) is 6.92 Å². The van der Waals surface area contributed by atoms with Gasteiger partial charge in [-0.25, -0.2) is 0 Å². The average molecular weight is 220 g/mol. The van der Waals surface area contributed by atoms with Gasteiger partial charge in [-0.2, -0.15) is 0 Å².